The number of anilines is 1. The number of carbonyl (C=O) groups excluding carboxylic acids is 1. The van der Waals surface area contributed by atoms with Gasteiger partial charge < -0.3 is 10.1 Å². The second kappa shape index (κ2) is 9.96. The fourth-order valence-electron chi connectivity index (χ4n) is 2.94. The summed E-state index contributed by atoms with van der Waals surface area (Å²) < 4.78 is 33.5. The summed E-state index contributed by atoms with van der Waals surface area (Å²) in [6.07, 6.45) is 0. The number of aryl methyl sites for hydroxylation is 1. The lowest BCUT2D eigenvalue weighted by Gasteiger charge is -2.15. The normalized spacial score (nSPS) is 12.2. The maximum Gasteiger partial charge on any atom is 0.262 e. The van der Waals surface area contributed by atoms with Crippen molar-refractivity contribution in [3.63, 3.8) is 0 Å². The lowest BCUT2D eigenvalue weighted by Crippen LogP contribution is -2.27. The van der Waals surface area contributed by atoms with Gasteiger partial charge in [0.05, 0.1) is 9.92 Å². The Morgan fingerprint density at radius 1 is 1.03 bits per heavy atom. The fraction of sp³-hybridized carbons (Fsp3) is 0.174. The zero-order valence-corrected chi connectivity index (χ0v) is 18.7. The quantitative estimate of drug-likeness (QED) is 0.512. The number of carbonyl (C=O) groups is 1. The number of hydrogen-bond acceptors (Lipinski definition) is 4. The molecule has 0 aliphatic rings. The minimum absolute atomic E-state index is 0.0110. The topological polar surface area (TPSA) is 84.5 Å². The molecule has 1 amide bonds. The SMILES string of the molecule is Cc1cccc(NC(=O)COc2ccc(S(=O)(=O)N[C@H](C)c3ccccc3)cc2Cl)c1. The van der Waals surface area contributed by atoms with Gasteiger partial charge in [0, 0.05) is 11.7 Å². The van der Waals surface area contributed by atoms with Crippen molar-refractivity contribution in [3.05, 3.63) is 88.9 Å². The highest BCUT2D eigenvalue weighted by molar-refractivity contribution is 7.89. The molecule has 0 saturated carbocycles. The van der Waals surface area contributed by atoms with Crippen LogP contribution >= 0.6 is 11.6 Å². The van der Waals surface area contributed by atoms with Gasteiger partial charge in [0.1, 0.15) is 5.75 Å². The number of ether oxygens (including phenoxy) is 1. The monoisotopic (exact) mass is 458 g/mol. The van der Waals surface area contributed by atoms with Gasteiger partial charge in [-0.2, -0.15) is 0 Å². The molecule has 0 spiro atoms. The van der Waals surface area contributed by atoms with Crippen molar-refractivity contribution < 1.29 is 17.9 Å². The Morgan fingerprint density at radius 3 is 2.45 bits per heavy atom. The highest BCUT2D eigenvalue weighted by Gasteiger charge is 2.20. The molecule has 3 aromatic rings. The van der Waals surface area contributed by atoms with E-state index in [4.69, 9.17) is 16.3 Å². The molecule has 0 heterocycles. The molecule has 0 saturated heterocycles. The molecule has 0 unspecified atom stereocenters. The average molecular weight is 459 g/mol. The van der Waals surface area contributed by atoms with Gasteiger partial charge in [0.25, 0.3) is 5.91 Å². The third-order valence-corrected chi connectivity index (χ3v) is 6.34. The molecule has 0 aliphatic carbocycles. The summed E-state index contributed by atoms with van der Waals surface area (Å²) in [5, 5.41) is 2.83. The maximum atomic E-state index is 12.7. The zero-order valence-electron chi connectivity index (χ0n) is 17.1. The number of hydrogen-bond donors (Lipinski definition) is 2. The van der Waals surface area contributed by atoms with E-state index in [-0.39, 0.29) is 28.2 Å². The minimum Gasteiger partial charge on any atom is -0.482 e. The van der Waals surface area contributed by atoms with Crippen LogP contribution in [0.25, 0.3) is 0 Å². The molecule has 3 rings (SSSR count). The number of halogens is 1. The van der Waals surface area contributed by atoms with E-state index in [1.165, 1.54) is 18.2 Å². The molecule has 31 heavy (non-hydrogen) atoms. The molecule has 6 nitrogen and oxygen atoms in total. The van der Waals surface area contributed by atoms with Gasteiger partial charge in [-0.1, -0.05) is 54.1 Å². The molecule has 2 N–H and O–H groups in total. The van der Waals surface area contributed by atoms with Crippen LogP contribution < -0.4 is 14.8 Å². The fourth-order valence-corrected chi connectivity index (χ4v) is 4.50. The summed E-state index contributed by atoms with van der Waals surface area (Å²) in [4.78, 5) is 12.1. The van der Waals surface area contributed by atoms with Crippen LogP contribution in [-0.4, -0.2) is 20.9 Å². The first-order valence-electron chi connectivity index (χ1n) is 9.61. The van der Waals surface area contributed by atoms with E-state index in [1.54, 1.807) is 13.0 Å². The summed E-state index contributed by atoms with van der Waals surface area (Å²) in [6, 6.07) is 20.4. The molecular weight excluding hydrogens is 436 g/mol. The van der Waals surface area contributed by atoms with Crippen LogP contribution in [-0.2, 0) is 14.8 Å². The Morgan fingerprint density at radius 2 is 1.77 bits per heavy atom. The van der Waals surface area contributed by atoms with Crippen LogP contribution in [0.2, 0.25) is 5.02 Å². The van der Waals surface area contributed by atoms with Crippen molar-refractivity contribution in [1.29, 1.82) is 0 Å². The van der Waals surface area contributed by atoms with Crippen molar-refractivity contribution >= 4 is 33.2 Å². The van der Waals surface area contributed by atoms with Gasteiger partial charge >= 0.3 is 0 Å². The van der Waals surface area contributed by atoms with Crippen LogP contribution in [0.5, 0.6) is 5.75 Å². The Bertz CT molecular complexity index is 1170. The number of sulfonamides is 1. The lowest BCUT2D eigenvalue weighted by molar-refractivity contribution is -0.118. The molecule has 0 bridgehead atoms. The largest absolute Gasteiger partial charge is 0.482 e. The first kappa shape index (κ1) is 22.8. The van der Waals surface area contributed by atoms with Crippen LogP contribution in [0, 0.1) is 6.92 Å². The third kappa shape index (κ3) is 6.30. The van der Waals surface area contributed by atoms with Crippen molar-refractivity contribution in [2.45, 2.75) is 24.8 Å². The van der Waals surface area contributed by atoms with Gasteiger partial charge in [0.2, 0.25) is 10.0 Å². The molecule has 0 aromatic heterocycles. The van der Waals surface area contributed by atoms with E-state index in [0.717, 1.165) is 11.1 Å². The van der Waals surface area contributed by atoms with Gasteiger partial charge in [-0.25, -0.2) is 13.1 Å². The first-order valence-corrected chi connectivity index (χ1v) is 11.5. The summed E-state index contributed by atoms with van der Waals surface area (Å²) in [7, 11) is -3.79. The molecule has 162 valence electrons. The van der Waals surface area contributed by atoms with E-state index >= 15 is 0 Å². The minimum atomic E-state index is -3.79. The molecule has 0 radical (unpaired) electrons. The molecule has 8 heteroatoms. The maximum absolute atomic E-state index is 12.7. The number of benzene rings is 3. The Labute approximate surface area is 187 Å². The number of amides is 1. The Hall–Kier alpha value is -2.87. The van der Waals surface area contributed by atoms with E-state index < -0.39 is 16.1 Å². The number of rotatable bonds is 8. The second-order valence-electron chi connectivity index (χ2n) is 7.05. The highest BCUT2D eigenvalue weighted by Crippen LogP contribution is 2.28. The van der Waals surface area contributed by atoms with Crippen molar-refractivity contribution in [3.8, 4) is 5.75 Å². The van der Waals surface area contributed by atoms with Gasteiger partial charge in [-0.3, -0.25) is 4.79 Å². The smallest absolute Gasteiger partial charge is 0.262 e. The van der Waals surface area contributed by atoms with Crippen molar-refractivity contribution in [2.24, 2.45) is 0 Å². The zero-order chi connectivity index (χ0) is 22.4. The molecule has 3 aromatic carbocycles. The van der Waals surface area contributed by atoms with Gasteiger partial charge in [0.15, 0.2) is 6.61 Å². The van der Waals surface area contributed by atoms with Crippen LogP contribution in [0.4, 0.5) is 5.69 Å². The van der Waals surface area contributed by atoms with Gasteiger partial charge in [-0.05, 0) is 55.3 Å². The van der Waals surface area contributed by atoms with E-state index in [0.29, 0.717) is 5.69 Å². The Balaban J connectivity index is 1.63. The lowest BCUT2D eigenvalue weighted by atomic mass is 10.1. The highest BCUT2D eigenvalue weighted by atomic mass is 35.5. The second-order valence-corrected chi connectivity index (χ2v) is 9.17. The van der Waals surface area contributed by atoms with Crippen molar-refractivity contribution in [1.82, 2.24) is 4.72 Å². The van der Waals surface area contributed by atoms with Crippen LogP contribution in [0.15, 0.2) is 77.7 Å². The summed E-state index contributed by atoms with van der Waals surface area (Å²) in [5.74, 6) is -0.132. The van der Waals surface area contributed by atoms with Crippen LogP contribution in [0.1, 0.15) is 24.1 Å². The summed E-state index contributed by atoms with van der Waals surface area (Å²) >= 11 is 6.20. The predicted octanol–water partition coefficient (Wildman–Crippen LogP) is 4.71. The first-order chi connectivity index (χ1) is 14.7. The summed E-state index contributed by atoms with van der Waals surface area (Å²) in [6.45, 7) is 3.43. The third-order valence-electron chi connectivity index (χ3n) is 4.51. The Kier molecular flexibility index (Phi) is 7.33. The molecular formula is C23H23ClN2O4S. The number of nitrogens with one attached hydrogen (secondary N) is 2. The van der Waals surface area contributed by atoms with E-state index in [2.05, 4.69) is 10.0 Å². The predicted molar refractivity (Wildman–Crippen MR) is 122 cm³/mol. The molecule has 0 fully saturated rings. The van der Waals surface area contributed by atoms with Crippen LogP contribution in [0.3, 0.4) is 0 Å². The standard InChI is InChI=1S/C23H23ClN2O4S/c1-16-7-6-10-19(13-16)25-23(27)15-30-22-12-11-20(14-21(22)24)31(28,29)26-17(2)18-8-4-3-5-9-18/h3-14,17,26H,15H2,1-2H3,(H,25,27)/t17-/m1/s1. The summed E-state index contributed by atoms with van der Waals surface area (Å²) in [5.41, 5.74) is 2.53. The van der Waals surface area contributed by atoms with E-state index in [9.17, 15) is 13.2 Å². The van der Waals surface area contributed by atoms with Gasteiger partial charge in [-0.15, -0.1) is 0 Å². The van der Waals surface area contributed by atoms with E-state index in [1.807, 2.05) is 55.5 Å². The molecule has 1 atom stereocenters. The average Bonchev–Trinajstić information content (AvgIpc) is 2.73. The van der Waals surface area contributed by atoms with Crippen molar-refractivity contribution in [2.75, 3.05) is 11.9 Å². The molecule has 0 aliphatic heterocycles.